The zero-order valence-electron chi connectivity index (χ0n) is 17.1. The van der Waals surface area contributed by atoms with Gasteiger partial charge in [-0.15, -0.1) is 0 Å². The highest BCUT2D eigenvalue weighted by atomic mass is 16.5. The number of imidazole rings is 1. The van der Waals surface area contributed by atoms with Crippen LogP contribution in [-0.2, 0) is 0 Å². The van der Waals surface area contributed by atoms with Gasteiger partial charge < -0.3 is 15.0 Å². The molecule has 3 aromatic heterocycles. The number of H-pyrrole nitrogens is 1. The topological polar surface area (TPSA) is 112 Å². The number of pyridine rings is 1. The smallest absolute Gasteiger partial charge is 0.250 e. The minimum Gasteiger partial charge on any atom is -0.437 e. The lowest BCUT2D eigenvalue weighted by Gasteiger charge is -2.12. The maximum absolute atomic E-state index is 8.97. The molecule has 0 atom stereocenters. The first-order valence-electron chi connectivity index (χ1n) is 9.87. The van der Waals surface area contributed by atoms with Crippen LogP contribution in [0.3, 0.4) is 0 Å². The van der Waals surface area contributed by atoms with Gasteiger partial charge in [0.15, 0.2) is 5.65 Å². The lowest BCUT2D eigenvalue weighted by Crippen LogP contribution is -2.00. The van der Waals surface area contributed by atoms with Crippen molar-refractivity contribution < 1.29 is 4.74 Å². The fourth-order valence-corrected chi connectivity index (χ4v) is 3.29. The van der Waals surface area contributed by atoms with Crippen molar-refractivity contribution in [3.63, 3.8) is 0 Å². The highest BCUT2D eigenvalue weighted by Crippen LogP contribution is 2.32. The summed E-state index contributed by atoms with van der Waals surface area (Å²) in [4.78, 5) is 20.3. The highest BCUT2D eigenvalue weighted by molar-refractivity contribution is 5.78. The summed E-state index contributed by atoms with van der Waals surface area (Å²) in [5, 5.41) is 12.1. The molecule has 5 rings (SSSR count). The van der Waals surface area contributed by atoms with E-state index in [2.05, 4.69) is 42.4 Å². The summed E-state index contributed by atoms with van der Waals surface area (Å²) >= 11 is 0. The summed E-state index contributed by atoms with van der Waals surface area (Å²) in [6.07, 6.45) is 5.09. The molecule has 0 aliphatic heterocycles. The average molecular weight is 419 g/mol. The number of nitrogens with one attached hydrogen (secondary N) is 2. The number of nitrogens with zero attached hydrogens (tertiary/aromatic N) is 5. The molecule has 0 saturated heterocycles. The number of rotatable bonds is 5. The Labute approximate surface area is 183 Å². The third-order valence-electron chi connectivity index (χ3n) is 4.92. The van der Waals surface area contributed by atoms with Crippen LogP contribution < -0.4 is 10.1 Å². The first-order chi connectivity index (χ1) is 15.7. The first kappa shape index (κ1) is 19.2. The number of hydrogen-bond donors (Lipinski definition) is 2. The van der Waals surface area contributed by atoms with Crippen molar-refractivity contribution in [2.75, 3.05) is 5.32 Å². The fraction of sp³-hybridized carbons (Fsp3) is 0.0417. The van der Waals surface area contributed by atoms with Crippen molar-refractivity contribution in [3.05, 3.63) is 84.4 Å². The van der Waals surface area contributed by atoms with E-state index in [1.165, 1.54) is 0 Å². The molecule has 8 heteroatoms. The summed E-state index contributed by atoms with van der Waals surface area (Å²) in [5.41, 5.74) is 5.55. The van der Waals surface area contributed by atoms with Crippen LogP contribution in [0.2, 0.25) is 0 Å². The van der Waals surface area contributed by atoms with Gasteiger partial charge >= 0.3 is 0 Å². The molecule has 0 unspecified atom stereocenters. The number of anilines is 2. The molecule has 0 radical (unpaired) electrons. The van der Waals surface area contributed by atoms with Crippen LogP contribution in [0.1, 0.15) is 11.1 Å². The highest BCUT2D eigenvalue weighted by Gasteiger charge is 2.14. The Morgan fingerprint density at radius 2 is 1.78 bits per heavy atom. The Hall–Kier alpha value is -4.77. The minimum absolute atomic E-state index is 0.343. The number of ether oxygens (including phenoxy) is 1. The lowest BCUT2D eigenvalue weighted by molar-refractivity contribution is 0.464. The molecule has 0 aliphatic rings. The molecule has 0 bridgehead atoms. The van der Waals surface area contributed by atoms with Gasteiger partial charge in [-0.05, 0) is 72.1 Å². The van der Waals surface area contributed by atoms with Crippen molar-refractivity contribution in [2.24, 2.45) is 0 Å². The Morgan fingerprint density at radius 3 is 2.53 bits per heavy atom. The van der Waals surface area contributed by atoms with Crippen LogP contribution in [0.5, 0.6) is 11.6 Å². The zero-order chi connectivity index (χ0) is 21.9. The number of aromatic nitrogens is 5. The first-order valence-corrected chi connectivity index (χ1v) is 9.87. The number of fused-ring (bicyclic) bond motifs is 1. The molecule has 154 valence electrons. The number of aryl methyl sites for hydroxylation is 1. The molecule has 0 fully saturated rings. The van der Waals surface area contributed by atoms with Crippen LogP contribution in [0.15, 0.2) is 73.3 Å². The average Bonchev–Trinajstić information content (AvgIpc) is 3.30. The van der Waals surface area contributed by atoms with Crippen molar-refractivity contribution >= 4 is 22.8 Å². The lowest BCUT2D eigenvalue weighted by atomic mass is 10.0. The van der Waals surface area contributed by atoms with Gasteiger partial charge in [0, 0.05) is 18.1 Å². The van der Waals surface area contributed by atoms with Crippen molar-refractivity contribution in [1.29, 1.82) is 5.26 Å². The standard InChI is InChI=1S/C24H17N7O/c1-15-12-18(17-8-10-26-11-9-17)4-7-20(15)32-23-21-22(28-14-27-21)30-24(31-23)29-19-5-2-16(13-25)3-6-19/h2-12,14H,1H3,(H2,27,28,29,30,31). The molecule has 5 aromatic rings. The van der Waals surface area contributed by atoms with E-state index < -0.39 is 0 Å². The summed E-state index contributed by atoms with van der Waals surface area (Å²) in [6.45, 7) is 1.99. The van der Waals surface area contributed by atoms with Crippen LogP contribution in [0.4, 0.5) is 11.6 Å². The predicted molar refractivity (Wildman–Crippen MR) is 121 cm³/mol. The fourth-order valence-electron chi connectivity index (χ4n) is 3.29. The molecule has 2 N–H and O–H groups in total. The SMILES string of the molecule is Cc1cc(-c2ccncc2)ccc1Oc1nc(Nc2ccc(C#N)cc2)nc2nc[nH]c12. The molecule has 3 heterocycles. The summed E-state index contributed by atoms with van der Waals surface area (Å²) in [7, 11) is 0. The van der Waals surface area contributed by atoms with E-state index in [4.69, 9.17) is 10.00 Å². The van der Waals surface area contributed by atoms with Gasteiger partial charge in [0.25, 0.3) is 5.88 Å². The second-order valence-corrected chi connectivity index (χ2v) is 7.09. The van der Waals surface area contributed by atoms with Gasteiger partial charge in [-0.1, -0.05) is 6.07 Å². The normalized spacial score (nSPS) is 10.6. The molecular weight excluding hydrogens is 402 g/mol. The Kier molecular flexibility index (Phi) is 4.90. The quantitative estimate of drug-likeness (QED) is 0.406. The van der Waals surface area contributed by atoms with Gasteiger partial charge in [-0.3, -0.25) is 4.98 Å². The second-order valence-electron chi connectivity index (χ2n) is 7.09. The van der Waals surface area contributed by atoms with Crippen LogP contribution >= 0.6 is 0 Å². The van der Waals surface area contributed by atoms with Gasteiger partial charge in [0.2, 0.25) is 5.95 Å². The van der Waals surface area contributed by atoms with Crippen LogP contribution in [0.25, 0.3) is 22.3 Å². The predicted octanol–water partition coefficient (Wildman–Crippen LogP) is 5.13. The molecule has 0 amide bonds. The summed E-state index contributed by atoms with van der Waals surface area (Å²) in [6, 6.07) is 19.0. The number of hydrogen-bond acceptors (Lipinski definition) is 7. The third kappa shape index (κ3) is 3.82. The Bertz CT molecular complexity index is 1440. The Morgan fingerprint density at radius 1 is 0.969 bits per heavy atom. The van der Waals surface area contributed by atoms with E-state index in [0.717, 1.165) is 22.4 Å². The van der Waals surface area contributed by atoms with Gasteiger partial charge in [0.1, 0.15) is 11.3 Å². The van der Waals surface area contributed by atoms with E-state index in [0.29, 0.717) is 34.3 Å². The maximum atomic E-state index is 8.97. The van der Waals surface area contributed by atoms with Crippen LogP contribution in [0, 0.1) is 18.3 Å². The molecular formula is C24H17N7O. The van der Waals surface area contributed by atoms with Gasteiger partial charge in [0.05, 0.1) is 18.0 Å². The molecule has 8 nitrogen and oxygen atoms in total. The molecule has 2 aromatic carbocycles. The third-order valence-corrected chi connectivity index (χ3v) is 4.92. The summed E-state index contributed by atoms with van der Waals surface area (Å²) in [5.74, 6) is 1.39. The van der Waals surface area contributed by atoms with Crippen molar-refractivity contribution in [3.8, 4) is 28.8 Å². The maximum Gasteiger partial charge on any atom is 0.250 e. The number of nitriles is 1. The molecule has 0 saturated carbocycles. The van der Waals surface area contributed by atoms with E-state index in [9.17, 15) is 0 Å². The zero-order valence-corrected chi connectivity index (χ0v) is 17.1. The van der Waals surface area contributed by atoms with Crippen molar-refractivity contribution in [2.45, 2.75) is 6.92 Å². The largest absolute Gasteiger partial charge is 0.437 e. The number of benzene rings is 2. The van der Waals surface area contributed by atoms with E-state index >= 15 is 0 Å². The molecule has 0 aliphatic carbocycles. The minimum atomic E-state index is 0.343. The van der Waals surface area contributed by atoms with E-state index in [-0.39, 0.29) is 0 Å². The molecule has 32 heavy (non-hydrogen) atoms. The van der Waals surface area contributed by atoms with Gasteiger partial charge in [-0.2, -0.15) is 15.2 Å². The Balaban J connectivity index is 1.46. The van der Waals surface area contributed by atoms with Crippen LogP contribution in [-0.4, -0.2) is 24.9 Å². The summed E-state index contributed by atoms with van der Waals surface area (Å²) < 4.78 is 6.17. The van der Waals surface area contributed by atoms with E-state index in [1.54, 1.807) is 43.0 Å². The number of aromatic amines is 1. The second kappa shape index (κ2) is 8.16. The monoisotopic (exact) mass is 419 g/mol. The van der Waals surface area contributed by atoms with Gasteiger partial charge in [-0.25, -0.2) is 4.98 Å². The molecule has 0 spiro atoms. The van der Waals surface area contributed by atoms with Crippen molar-refractivity contribution in [1.82, 2.24) is 24.9 Å². The van der Waals surface area contributed by atoms with E-state index in [1.807, 2.05) is 31.2 Å².